The molecule has 36 heavy (non-hydrogen) atoms. The first-order valence-electron chi connectivity index (χ1n) is 12.5. The number of hydrogen-bond donors (Lipinski definition) is 3. The number of nitrogens with one attached hydrogen (secondary N) is 2. The monoisotopic (exact) mass is 486 g/mol. The molecule has 0 bridgehead atoms. The molecular weight excluding hydrogens is 452 g/mol. The molecule has 0 saturated carbocycles. The van der Waals surface area contributed by atoms with Gasteiger partial charge in [-0.2, -0.15) is 0 Å². The standard InChI is InChI=1S/C29H34N4O3/c1-20-6-5-7-21(2)27(20)28(34)32-25(29(35)36)18-22-9-11-24(12-10-22)33-16-13-23(14-17-33)19-31-26-8-3-4-15-30-26/h3-12,15,23,25H,13-14,16-19H2,1-2H3,(H,30,31)(H,32,34)(H,35,36). The largest absolute Gasteiger partial charge is 0.480 e. The predicted molar refractivity (Wildman–Crippen MR) is 143 cm³/mol. The van der Waals surface area contributed by atoms with E-state index in [0.717, 1.165) is 60.7 Å². The summed E-state index contributed by atoms with van der Waals surface area (Å²) in [5, 5.41) is 15.9. The lowest BCUT2D eigenvalue weighted by atomic mass is 9.96. The van der Waals surface area contributed by atoms with Crippen molar-refractivity contribution in [1.82, 2.24) is 10.3 Å². The van der Waals surface area contributed by atoms with E-state index in [0.29, 0.717) is 11.5 Å². The number of aliphatic carboxylic acids is 1. The van der Waals surface area contributed by atoms with Crippen LogP contribution >= 0.6 is 0 Å². The third kappa shape index (κ3) is 6.42. The van der Waals surface area contributed by atoms with Crippen LogP contribution in [-0.2, 0) is 11.2 Å². The van der Waals surface area contributed by atoms with Crippen LogP contribution in [0.3, 0.4) is 0 Å². The summed E-state index contributed by atoms with van der Waals surface area (Å²) < 4.78 is 0. The van der Waals surface area contributed by atoms with Gasteiger partial charge >= 0.3 is 5.97 Å². The molecule has 1 fully saturated rings. The first kappa shape index (κ1) is 25.2. The van der Waals surface area contributed by atoms with Crippen molar-refractivity contribution in [3.63, 3.8) is 0 Å². The maximum Gasteiger partial charge on any atom is 0.326 e. The number of piperidine rings is 1. The molecule has 0 aliphatic carbocycles. The van der Waals surface area contributed by atoms with Crippen molar-refractivity contribution in [3.05, 3.63) is 89.1 Å². The normalized spacial score (nSPS) is 14.8. The van der Waals surface area contributed by atoms with Crippen molar-refractivity contribution >= 4 is 23.4 Å². The molecule has 3 N–H and O–H groups in total. The van der Waals surface area contributed by atoms with Crippen LogP contribution in [0, 0.1) is 19.8 Å². The summed E-state index contributed by atoms with van der Waals surface area (Å²) in [7, 11) is 0. The van der Waals surface area contributed by atoms with Crippen LogP contribution in [0.2, 0.25) is 0 Å². The van der Waals surface area contributed by atoms with Crippen molar-refractivity contribution in [1.29, 1.82) is 0 Å². The first-order chi connectivity index (χ1) is 17.4. The zero-order valence-electron chi connectivity index (χ0n) is 20.9. The maximum atomic E-state index is 12.8. The fraction of sp³-hybridized carbons (Fsp3) is 0.345. The molecule has 0 spiro atoms. The summed E-state index contributed by atoms with van der Waals surface area (Å²) in [5.74, 6) is 0.134. The summed E-state index contributed by atoms with van der Waals surface area (Å²) in [6, 6.07) is 18.5. The molecule has 3 aromatic rings. The van der Waals surface area contributed by atoms with Gasteiger partial charge in [-0.3, -0.25) is 4.79 Å². The highest BCUT2D eigenvalue weighted by molar-refractivity contribution is 5.99. The number of carbonyl (C=O) groups is 2. The van der Waals surface area contributed by atoms with Gasteiger partial charge in [0.25, 0.3) is 5.91 Å². The summed E-state index contributed by atoms with van der Waals surface area (Å²) in [5.41, 5.74) is 4.22. The molecule has 1 saturated heterocycles. The van der Waals surface area contributed by atoms with Gasteiger partial charge in [-0.15, -0.1) is 0 Å². The van der Waals surface area contributed by atoms with E-state index in [9.17, 15) is 14.7 Å². The van der Waals surface area contributed by atoms with Crippen molar-refractivity contribution in [2.75, 3.05) is 29.9 Å². The third-order valence-corrected chi connectivity index (χ3v) is 6.90. The Morgan fingerprint density at radius 3 is 2.31 bits per heavy atom. The zero-order chi connectivity index (χ0) is 25.5. The fourth-order valence-electron chi connectivity index (χ4n) is 4.79. The van der Waals surface area contributed by atoms with Crippen LogP contribution in [-0.4, -0.2) is 47.6 Å². The molecule has 7 heteroatoms. The summed E-state index contributed by atoms with van der Waals surface area (Å²) in [6.45, 7) is 6.61. The summed E-state index contributed by atoms with van der Waals surface area (Å²) >= 11 is 0. The maximum absolute atomic E-state index is 12.8. The van der Waals surface area contributed by atoms with Crippen LogP contribution in [0.5, 0.6) is 0 Å². The molecule has 1 unspecified atom stereocenters. The van der Waals surface area contributed by atoms with Crippen molar-refractivity contribution in [2.24, 2.45) is 5.92 Å². The third-order valence-electron chi connectivity index (χ3n) is 6.90. The molecule has 0 radical (unpaired) electrons. The van der Waals surface area contributed by atoms with Crippen LogP contribution in [0.25, 0.3) is 0 Å². The van der Waals surface area contributed by atoms with Crippen LogP contribution in [0.1, 0.15) is 39.9 Å². The highest BCUT2D eigenvalue weighted by Gasteiger charge is 2.23. The van der Waals surface area contributed by atoms with Crippen molar-refractivity contribution < 1.29 is 14.7 Å². The molecule has 4 rings (SSSR count). The van der Waals surface area contributed by atoms with E-state index in [1.165, 1.54) is 0 Å². The minimum atomic E-state index is -1.04. The number of hydrogen-bond acceptors (Lipinski definition) is 5. The van der Waals surface area contributed by atoms with Gasteiger partial charge in [-0.25, -0.2) is 9.78 Å². The molecule has 1 aromatic heterocycles. The molecular formula is C29H34N4O3. The number of carbonyl (C=O) groups excluding carboxylic acids is 1. The SMILES string of the molecule is Cc1cccc(C)c1C(=O)NC(Cc1ccc(N2CCC(CNc3ccccn3)CC2)cc1)C(=O)O. The van der Waals surface area contributed by atoms with E-state index >= 15 is 0 Å². The summed E-state index contributed by atoms with van der Waals surface area (Å²) in [4.78, 5) is 31.4. The van der Waals surface area contributed by atoms with Crippen LogP contribution in [0.15, 0.2) is 66.9 Å². The topological polar surface area (TPSA) is 94.6 Å². The molecule has 2 aromatic carbocycles. The number of carboxylic acid groups (broad SMARTS) is 1. The number of carboxylic acids is 1. The van der Waals surface area contributed by atoms with E-state index in [1.54, 1.807) is 6.20 Å². The molecule has 1 aliphatic heterocycles. The smallest absolute Gasteiger partial charge is 0.326 e. The number of anilines is 2. The van der Waals surface area contributed by atoms with E-state index in [-0.39, 0.29) is 12.3 Å². The Hall–Kier alpha value is -3.87. The predicted octanol–water partition coefficient (Wildman–Crippen LogP) is 4.45. The molecule has 188 valence electrons. The van der Waals surface area contributed by atoms with E-state index < -0.39 is 12.0 Å². The number of pyridine rings is 1. The second-order valence-corrected chi connectivity index (χ2v) is 9.53. The van der Waals surface area contributed by atoms with Crippen LogP contribution < -0.4 is 15.5 Å². The highest BCUT2D eigenvalue weighted by atomic mass is 16.4. The van der Waals surface area contributed by atoms with E-state index in [1.807, 2.05) is 74.5 Å². The van der Waals surface area contributed by atoms with Gasteiger partial charge in [0.15, 0.2) is 0 Å². The first-order valence-corrected chi connectivity index (χ1v) is 12.5. The lowest BCUT2D eigenvalue weighted by Gasteiger charge is -2.34. The van der Waals surface area contributed by atoms with Gasteiger partial charge in [-0.05, 0) is 73.6 Å². The zero-order valence-corrected chi connectivity index (χ0v) is 20.9. The highest BCUT2D eigenvalue weighted by Crippen LogP contribution is 2.24. The van der Waals surface area contributed by atoms with E-state index in [4.69, 9.17) is 0 Å². The van der Waals surface area contributed by atoms with Gasteiger partial charge in [0.05, 0.1) is 0 Å². The number of aromatic nitrogens is 1. The number of benzene rings is 2. The number of amides is 1. The Kier molecular flexibility index (Phi) is 8.21. The lowest BCUT2D eigenvalue weighted by Crippen LogP contribution is -2.42. The fourth-order valence-corrected chi connectivity index (χ4v) is 4.79. The lowest BCUT2D eigenvalue weighted by molar-refractivity contribution is -0.139. The Bertz CT molecular complexity index is 1150. The van der Waals surface area contributed by atoms with Gasteiger partial charge in [-0.1, -0.05) is 36.4 Å². The number of rotatable bonds is 9. The van der Waals surface area contributed by atoms with Crippen molar-refractivity contribution in [2.45, 2.75) is 39.2 Å². The minimum Gasteiger partial charge on any atom is -0.480 e. The van der Waals surface area contributed by atoms with Gasteiger partial charge in [0.1, 0.15) is 11.9 Å². The Morgan fingerprint density at radius 2 is 1.69 bits per heavy atom. The Labute approximate surface area is 212 Å². The van der Waals surface area contributed by atoms with Gasteiger partial charge in [0.2, 0.25) is 0 Å². The van der Waals surface area contributed by atoms with E-state index in [2.05, 4.69) is 20.5 Å². The molecule has 1 aliphatic rings. The molecule has 7 nitrogen and oxygen atoms in total. The van der Waals surface area contributed by atoms with Crippen LogP contribution in [0.4, 0.5) is 11.5 Å². The average Bonchev–Trinajstić information content (AvgIpc) is 2.88. The molecule has 2 heterocycles. The second kappa shape index (κ2) is 11.7. The minimum absolute atomic E-state index is 0.230. The van der Waals surface area contributed by atoms with Gasteiger partial charge in [0, 0.05) is 43.5 Å². The average molecular weight is 487 g/mol. The number of aryl methyl sites for hydroxylation is 2. The molecule has 1 atom stereocenters. The van der Waals surface area contributed by atoms with Gasteiger partial charge < -0.3 is 20.6 Å². The Morgan fingerprint density at radius 1 is 1.00 bits per heavy atom. The summed E-state index contributed by atoms with van der Waals surface area (Å²) in [6.07, 6.45) is 4.24. The Balaban J connectivity index is 1.30. The number of nitrogens with zero attached hydrogens (tertiary/aromatic N) is 2. The quantitative estimate of drug-likeness (QED) is 0.414. The van der Waals surface area contributed by atoms with Crippen molar-refractivity contribution in [3.8, 4) is 0 Å². The second-order valence-electron chi connectivity index (χ2n) is 9.53. The molecule has 1 amide bonds.